The van der Waals surface area contributed by atoms with Gasteiger partial charge in [0.05, 0.1) is 6.54 Å². The van der Waals surface area contributed by atoms with Gasteiger partial charge >= 0.3 is 5.97 Å². The van der Waals surface area contributed by atoms with Crippen LogP contribution >= 0.6 is 0 Å². The molecule has 1 saturated heterocycles. The molecule has 1 aromatic carbocycles. The number of para-hydroxylation sites is 1. The van der Waals surface area contributed by atoms with Crippen molar-refractivity contribution in [3.63, 3.8) is 0 Å². The van der Waals surface area contributed by atoms with E-state index in [0.717, 1.165) is 44.8 Å². The van der Waals surface area contributed by atoms with Crippen molar-refractivity contribution in [2.24, 2.45) is 0 Å². The lowest BCUT2D eigenvalue weighted by Crippen LogP contribution is -2.47. The van der Waals surface area contributed by atoms with Crippen LogP contribution in [-0.2, 0) is 4.79 Å². The molecule has 0 unspecified atom stereocenters. The van der Waals surface area contributed by atoms with Gasteiger partial charge in [-0.2, -0.15) is 0 Å². The topological polar surface area (TPSA) is 53.0 Å². The van der Waals surface area contributed by atoms with Crippen LogP contribution in [-0.4, -0.2) is 66.2 Å². The van der Waals surface area contributed by atoms with Crippen LogP contribution in [0.2, 0.25) is 0 Å². The van der Waals surface area contributed by atoms with Gasteiger partial charge < -0.3 is 9.84 Å². The Morgan fingerprint density at radius 3 is 2.59 bits per heavy atom. The van der Waals surface area contributed by atoms with Gasteiger partial charge in [-0.05, 0) is 44.6 Å². The number of carboxylic acids is 1. The number of hydrogen-bond acceptors (Lipinski definition) is 4. The highest BCUT2D eigenvalue weighted by molar-refractivity contribution is 5.69. The molecule has 0 aromatic heterocycles. The van der Waals surface area contributed by atoms with E-state index in [9.17, 15) is 4.79 Å². The Bertz CT molecular complexity index is 444. The number of hydrogen-bond donors (Lipinski definition) is 1. The molecular formula is C17H26N2O3. The van der Waals surface area contributed by atoms with Crippen LogP contribution in [0.3, 0.4) is 0 Å². The summed E-state index contributed by atoms with van der Waals surface area (Å²) in [4.78, 5) is 15.3. The molecule has 0 amide bonds. The lowest BCUT2D eigenvalue weighted by molar-refractivity contribution is -0.139. The number of carbonyl (C=O) groups is 1. The largest absolute Gasteiger partial charge is 0.492 e. The first-order valence-electron chi connectivity index (χ1n) is 8.05. The Kier molecular flexibility index (Phi) is 6.68. The van der Waals surface area contributed by atoms with Gasteiger partial charge in [0.1, 0.15) is 12.4 Å². The number of ether oxygens (including phenoxy) is 1. The van der Waals surface area contributed by atoms with Crippen LogP contribution in [0.5, 0.6) is 5.75 Å². The van der Waals surface area contributed by atoms with Crippen LogP contribution < -0.4 is 4.74 Å². The van der Waals surface area contributed by atoms with E-state index >= 15 is 0 Å². The molecule has 1 aromatic rings. The molecule has 1 aliphatic heterocycles. The summed E-state index contributed by atoms with van der Waals surface area (Å²) in [5.41, 5.74) is 0. The number of aliphatic carboxylic acids is 1. The Labute approximate surface area is 132 Å². The third-order valence-electron chi connectivity index (χ3n) is 4.24. The molecule has 0 radical (unpaired) electrons. The van der Waals surface area contributed by atoms with Crippen molar-refractivity contribution in [2.75, 3.05) is 39.3 Å². The lowest BCUT2D eigenvalue weighted by Gasteiger charge is -2.37. The minimum Gasteiger partial charge on any atom is -0.492 e. The van der Waals surface area contributed by atoms with Crippen molar-refractivity contribution in [3.05, 3.63) is 30.3 Å². The molecule has 1 N–H and O–H groups in total. The maximum atomic E-state index is 10.9. The number of carboxylic acid groups (broad SMARTS) is 1. The maximum Gasteiger partial charge on any atom is 0.317 e. The minimum absolute atomic E-state index is 0.151. The second-order valence-electron chi connectivity index (χ2n) is 5.69. The molecule has 5 heteroatoms. The van der Waals surface area contributed by atoms with Crippen LogP contribution in [0.15, 0.2) is 30.3 Å². The van der Waals surface area contributed by atoms with E-state index < -0.39 is 5.97 Å². The highest BCUT2D eigenvalue weighted by Crippen LogP contribution is 2.16. The van der Waals surface area contributed by atoms with E-state index in [1.165, 1.54) is 0 Å². The van der Waals surface area contributed by atoms with Crippen molar-refractivity contribution >= 4 is 5.97 Å². The minimum atomic E-state index is -0.736. The van der Waals surface area contributed by atoms with E-state index in [0.29, 0.717) is 12.6 Å². The monoisotopic (exact) mass is 306 g/mol. The molecule has 5 nitrogen and oxygen atoms in total. The highest BCUT2D eigenvalue weighted by Gasteiger charge is 2.24. The summed E-state index contributed by atoms with van der Waals surface area (Å²) in [5.74, 6) is 0.177. The van der Waals surface area contributed by atoms with E-state index in [1.807, 2.05) is 37.3 Å². The van der Waals surface area contributed by atoms with Crippen molar-refractivity contribution in [3.8, 4) is 5.75 Å². The molecule has 0 atom stereocenters. The summed E-state index contributed by atoms with van der Waals surface area (Å²) in [6, 6.07) is 10.3. The summed E-state index contributed by atoms with van der Waals surface area (Å²) in [6.45, 7) is 6.63. The van der Waals surface area contributed by atoms with Crippen molar-refractivity contribution in [1.82, 2.24) is 9.80 Å². The molecule has 122 valence electrons. The smallest absolute Gasteiger partial charge is 0.317 e. The molecule has 1 fully saturated rings. The fourth-order valence-corrected chi connectivity index (χ4v) is 2.99. The fraction of sp³-hybridized carbons (Fsp3) is 0.588. The summed E-state index contributed by atoms with van der Waals surface area (Å²) < 4.78 is 5.73. The molecular weight excluding hydrogens is 280 g/mol. The Hall–Kier alpha value is -1.59. The van der Waals surface area contributed by atoms with Gasteiger partial charge in [0.2, 0.25) is 0 Å². The third kappa shape index (κ3) is 5.31. The average molecular weight is 306 g/mol. The standard InChI is InChI=1S/C17H26N2O3/c1-2-19(14-17(20)21)15-8-10-18(11-9-15)12-13-22-16-6-4-3-5-7-16/h3-7,15H,2,8-14H2,1H3,(H,20,21). The molecule has 0 spiro atoms. The number of likely N-dealkylation sites (tertiary alicyclic amines) is 1. The van der Waals surface area contributed by atoms with Gasteiger partial charge in [-0.1, -0.05) is 25.1 Å². The van der Waals surface area contributed by atoms with Gasteiger partial charge in [-0.3, -0.25) is 14.6 Å². The van der Waals surface area contributed by atoms with Crippen LogP contribution in [0.25, 0.3) is 0 Å². The van der Waals surface area contributed by atoms with Crippen molar-refractivity contribution in [2.45, 2.75) is 25.8 Å². The van der Waals surface area contributed by atoms with Crippen LogP contribution in [0.1, 0.15) is 19.8 Å². The summed E-state index contributed by atoms with van der Waals surface area (Å²) in [7, 11) is 0. The van der Waals surface area contributed by atoms with Gasteiger partial charge in [0, 0.05) is 12.6 Å². The molecule has 1 aliphatic rings. The quantitative estimate of drug-likeness (QED) is 0.795. The Balaban J connectivity index is 1.67. The maximum absolute atomic E-state index is 10.9. The zero-order valence-electron chi connectivity index (χ0n) is 13.3. The first-order valence-corrected chi connectivity index (χ1v) is 8.05. The van der Waals surface area contributed by atoms with Gasteiger partial charge in [0.25, 0.3) is 0 Å². The van der Waals surface area contributed by atoms with Gasteiger partial charge in [-0.25, -0.2) is 0 Å². The fourth-order valence-electron chi connectivity index (χ4n) is 2.99. The zero-order valence-corrected chi connectivity index (χ0v) is 13.3. The third-order valence-corrected chi connectivity index (χ3v) is 4.24. The highest BCUT2D eigenvalue weighted by atomic mass is 16.5. The van der Waals surface area contributed by atoms with E-state index in [-0.39, 0.29) is 6.54 Å². The molecule has 0 bridgehead atoms. The average Bonchev–Trinajstić information content (AvgIpc) is 2.54. The molecule has 0 saturated carbocycles. The van der Waals surface area contributed by atoms with Crippen LogP contribution in [0.4, 0.5) is 0 Å². The Morgan fingerprint density at radius 2 is 2.00 bits per heavy atom. The molecule has 1 heterocycles. The van der Waals surface area contributed by atoms with Crippen LogP contribution in [0, 0.1) is 0 Å². The zero-order chi connectivity index (χ0) is 15.8. The van der Waals surface area contributed by atoms with Gasteiger partial charge in [-0.15, -0.1) is 0 Å². The molecule has 0 aliphatic carbocycles. The number of rotatable bonds is 8. The lowest BCUT2D eigenvalue weighted by atomic mass is 10.0. The number of benzene rings is 1. The second-order valence-corrected chi connectivity index (χ2v) is 5.69. The number of nitrogens with zero attached hydrogens (tertiary/aromatic N) is 2. The molecule has 22 heavy (non-hydrogen) atoms. The van der Waals surface area contributed by atoms with Crippen molar-refractivity contribution < 1.29 is 14.6 Å². The Morgan fingerprint density at radius 1 is 1.32 bits per heavy atom. The molecule has 2 rings (SSSR count). The first-order chi connectivity index (χ1) is 10.7. The summed E-state index contributed by atoms with van der Waals surface area (Å²) in [6.07, 6.45) is 2.07. The van der Waals surface area contributed by atoms with Gasteiger partial charge in [0.15, 0.2) is 0 Å². The first kappa shape index (κ1) is 16.8. The number of likely N-dealkylation sites (N-methyl/N-ethyl adjacent to an activating group) is 1. The SMILES string of the molecule is CCN(CC(=O)O)C1CCN(CCOc2ccccc2)CC1. The predicted octanol–water partition coefficient (Wildman–Crippen LogP) is 1.94. The van der Waals surface area contributed by atoms with E-state index in [4.69, 9.17) is 9.84 Å². The second kappa shape index (κ2) is 8.76. The van der Waals surface area contributed by atoms with Crippen molar-refractivity contribution in [1.29, 1.82) is 0 Å². The van der Waals surface area contributed by atoms with E-state index in [1.54, 1.807) is 0 Å². The summed E-state index contributed by atoms with van der Waals surface area (Å²) in [5, 5.41) is 8.95. The summed E-state index contributed by atoms with van der Waals surface area (Å²) >= 11 is 0. The predicted molar refractivity (Wildman–Crippen MR) is 86.3 cm³/mol. The normalized spacial score (nSPS) is 16.8. The van der Waals surface area contributed by atoms with E-state index in [2.05, 4.69) is 9.80 Å². The number of piperidine rings is 1.